The van der Waals surface area contributed by atoms with Gasteiger partial charge in [-0.3, -0.25) is 14.7 Å². The van der Waals surface area contributed by atoms with E-state index in [0.717, 1.165) is 11.8 Å². The molecule has 0 aromatic heterocycles. The normalized spacial score (nSPS) is 33.1. The number of nitrogens with zero attached hydrogens (tertiary/aromatic N) is 6. The molecule has 4 rings (SSSR count). The van der Waals surface area contributed by atoms with Gasteiger partial charge in [0.1, 0.15) is 0 Å². The SMILES string of the molecule is CC(C)N1CCC(CN2C(C3CN(C[C@H]4CCN(C(C)C)C4)CCN3C(C)C)CN(C(C)C)C[C@@H]2C)CC1. The van der Waals surface area contributed by atoms with Crippen LogP contribution in [0.4, 0.5) is 0 Å². The standard InChI is InChI=1S/C32H64N6/c1-24(2)34-13-10-29(11-14-34)21-38-28(9)18-36(26(5)6)23-32(38)31-22-33(16-17-37(31)27(7)8)19-30-12-15-35(20-30)25(3)4/h24-32H,10-23H2,1-9H3/t28-,30+,31?,32?/m0/s1. The van der Waals surface area contributed by atoms with Gasteiger partial charge in [-0.25, -0.2) is 0 Å². The van der Waals surface area contributed by atoms with Crippen molar-refractivity contribution in [2.75, 3.05) is 72.0 Å². The minimum atomic E-state index is 0.617. The van der Waals surface area contributed by atoms with Crippen LogP contribution in [-0.2, 0) is 0 Å². The average molecular weight is 533 g/mol. The highest BCUT2D eigenvalue weighted by Gasteiger charge is 2.43. The van der Waals surface area contributed by atoms with Crippen LogP contribution in [0, 0.1) is 11.8 Å². The highest BCUT2D eigenvalue weighted by Crippen LogP contribution is 2.30. The van der Waals surface area contributed by atoms with Crippen LogP contribution >= 0.6 is 0 Å². The Morgan fingerprint density at radius 2 is 1.13 bits per heavy atom. The molecule has 6 nitrogen and oxygen atoms in total. The molecule has 0 aliphatic carbocycles. The minimum absolute atomic E-state index is 0.617. The zero-order chi connectivity index (χ0) is 27.6. The van der Waals surface area contributed by atoms with Gasteiger partial charge in [-0.05, 0) is 113 Å². The first-order valence-electron chi connectivity index (χ1n) is 16.5. The molecule has 0 radical (unpaired) electrons. The fraction of sp³-hybridized carbons (Fsp3) is 1.00. The predicted octanol–water partition coefficient (Wildman–Crippen LogP) is 4.01. The third-order valence-electron chi connectivity index (χ3n) is 10.7. The molecule has 4 atom stereocenters. The second-order valence-corrected chi connectivity index (χ2v) is 14.6. The lowest BCUT2D eigenvalue weighted by molar-refractivity contribution is -0.0668. The first kappa shape index (κ1) is 30.7. The number of hydrogen-bond acceptors (Lipinski definition) is 6. The van der Waals surface area contributed by atoms with E-state index in [1.54, 1.807) is 0 Å². The Kier molecular flexibility index (Phi) is 11.0. The molecule has 0 spiro atoms. The molecule has 0 aromatic rings. The van der Waals surface area contributed by atoms with Gasteiger partial charge in [0.05, 0.1) is 0 Å². The number of piperidine rings is 1. The second-order valence-electron chi connectivity index (χ2n) is 14.6. The molecule has 4 fully saturated rings. The van der Waals surface area contributed by atoms with E-state index in [2.05, 4.69) is 91.7 Å². The molecule has 38 heavy (non-hydrogen) atoms. The molecule has 0 amide bonds. The summed E-state index contributed by atoms with van der Waals surface area (Å²) in [7, 11) is 0. The smallest absolute Gasteiger partial charge is 0.0394 e. The van der Waals surface area contributed by atoms with E-state index < -0.39 is 0 Å². The number of piperazine rings is 2. The van der Waals surface area contributed by atoms with Crippen LogP contribution in [0.25, 0.3) is 0 Å². The van der Waals surface area contributed by atoms with Crippen molar-refractivity contribution in [3.8, 4) is 0 Å². The summed E-state index contributed by atoms with van der Waals surface area (Å²) in [4.78, 5) is 17.0. The summed E-state index contributed by atoms with van der Waals surface area (Å²) < 4.78 is 0. The van der Waals surface area contributed by atoms with Gasteiger partial charge in [0.25, 0.3) is 0 Å². The Hall–Kier alpha value is -0.240. The first-order chi connectivity index (χ1) is 18.0. The van der Waals surface area contributed by atoms with Crippen molar-refractivity contribution in [1.29, 1.82) is 0 Å². The summed E-state index contributed by atoms with van der Waals surface area (Å²) in [6, 6.07) is 4.53. The number of rotatable bonds is 9. The fourth-order valence-corrected chi connectivity index (χ4v) is 8.10. The molecular weight excluding hydrogens is 468 g/mol. The van der Waals surface area contributed by atoms with Crippen LogP contribution in [0.3, 0.4) is 0 Å². The minimum Gasteiger partial charge on any atom is -0.301 e. The Labute approximate surface area is 237 Å². The summed E-state index contributed by atoms with van der Waals surface area (Å²) in [5, 5.41) is 0. The second kappa shape index (κ2) is 13.6. The molecule has 2 unspecified atom stereocenters. The molecule has 4 heterocycles. The molecule has 0 saturated carbocycles. The highest BCUT2D eigenvalue weighted by atomic mass is 15.4. The Bertz CT molecular complexity index is 702. The van der Waals surface area contributed by atoms with Gasteiger partial charge < -0.3 is 14.7 Å². The lowest BCUT2D eigenvalue weighted by Crippen LogP contribution is -2.70. The zero-order valence-electron chi connectivity index (χ0n) is 26.8. The molecule has 0 aromatic carbocycles. The Morgan fingerprint density at radius 1 is 0.526 bits per heavy atom. The Balaban J connectivity index is 1.48. The van der Waals surface area contributed by atoms with Gasteiger partial charge in [-0.2, -0.15) is 0 Å². The van der Waals surface area contributed by atoms with E-state index in [4.69, 9.17) is 0 Å². The third-order valence-corrected chi connectivity index (χ3v) is 10.7. The van der Waals surface area contributed by atoms with Crippen LogP contribution in [0.5, 0.6) is 0 Å². The number of hydrogen-bond donors (Lipinski definition) is 0. The third kappa shape index (κ3) is 7.53. The van der Waals surface area contributed by atoms with E-state index in [0.29, 0.717) is 42.3 Å². The van der Waals surface area contributed by atoms with E-state index in [-0.39, 0.29) is 0 Å². The highest BCUT2D eigenvalue weighted by molar-refractivity contribution is 5.01. The molecule has 222 valence electrons. The van der Waals surface area contributed by atoms with Crippen molar-refractivity contribution in [3.63, 3.8) is 0 Å². The van der Waals surface area contributed by atoms with Crippen LogP contribution in [-0.4, -0.2) is 144 Å². The van der Waals surface area contributed by atoms with Crippen molar-refractivity contribution >= 4 is 0 Å². The monoisotopic (exact) mass is 533 g/mol. The largest absolute Gasteiger partial charge is 0.301 e. The van der Waals surface area contributed by atoms with Gasteiger partial charge in [-0.1, -0.05) is 0 Å². The van der Waals surface area contributed by atoms with Crippen LogP contribution in [0.15, 0.2) is 0 Å². The lowest BCUT2D eigenvalue weighted by atomic mass is 9.90. The summed E-state index contributed by atoms with van der Waals surface area (Å²) in [6.07, 6.45) is 4.14. The molecule has 6 heteroatoms. The molecule has 0 N–H and O–H groups in total. The molecule has 0 bridgehead atoms. The van der Waals surface area contributed by atoms with E-state index in [1.807, 2.05) is 0 Å². The summed E-state index contributed by atoms with van der Waals surface area (Å²) in [5.41, 5.74) is 0. The van der Waals surface area contributed by atoms with Gasteiger partial charge in [-0.15, -0.1) is 0 Å². The van der Waals surface area contributed by atoms with Gasteiger partial charge in [0, 0.05) is 94.7 Å². The zero-order valence-corrected chi connectivity index (χ0v) is 26.8. The van der Waals surface area contributed by atoms with Crippen LogP contribution < -0.4 is 0 Å². The average Bonchev–Trinajstić information content (AvgIpc) is 3.34. The van der Waals surface area contributed by atoms with E-state index in [1.165, 1.54) is 91.3 Å². The maximum Gasteiger partial charge on any atom is 0.0394 e. The maximum absolute atomic E-state index is 3.01. The van der Waals surface area contributed by atoms with E-state index in [9.17, 15) is 0 Å². The van der Waals surface area contributed by atoms with Crippen LogP contribution in [0.1, 0.15) is 81.6 Å². The topological polar surface area (TPSA) is 19.4 Å². The van der Waals surface area contributed by atoms with Crippen LogP contribution in [0.2, 0.25) is 0 Å². The summed E-state index contributed by atoms with van der Waals surface area (Å²) >= 11 is 0. The van der Waals surface area contributed by atoms with Gasteiger partial charge in [0.15, 0.2) is 0 Å². The molecular formula is C32H64N6. The Morgan fingerprint density at radius 3 is 1.71 bits per heavy atom. The van der Waals surface area contributed by atoms with Gasteiger partial charge in [0.2, 0.25) is 0 Å². The molecule has 4 saturated heterocycles. The quantitative estimate of drug-likeness (QED) is 0.444. The fourth-order valence-electron chi connectivity index (χ4n) is 8.10. The molecule has 4 aliphatic rings. The predicted molar refractivity (Wildman–Crippen MR) is 163 cm³/mol. The maximum atomic E-state index is 3.01. The van der Waals surface area contributed by atoms with E-state index >= 15 is 0 Å². The lowest BCUT2D eigenvalue weighted by Gasteiger charge is -2.56. The van der Waals surface area contributed by atoms with Crippen molar-refractivity contribution in [2.24, 2.45) is 11.8 Å². The number of likely N-dealkylation sites (tertiary alicyclic amines) is 2. The van der Waals surface area contributed by atoms with Crippen molar-refractivity contribution < 1.29 is 0 Å². The molecule has 4 aliphatic heterocycles. The summed E-state index contributed by atoms with van der Waals surface area (Å²) in [6.45, 7) is 35.7. The first-order valence-corrected chi connectivity index (χ1v) is 16.5. The van der Waals surface area contributed by atoms with Crippen molar-refractivity contribution in [3.05, 3.63) is 0 Å². The van der Waals surface area contributed by atoms with Gasteiger partial charge >= 0.3 is 0 Å². The van der Waals surface area contributed by atoms with Crippen molar-refractivity contribution in [2.45, 2.75) is 124 Å². The van der Waals surface area contributed by atoms with Crippen molar-refractivity contribution in [1.82, 2.24) is 29.4 Å². The summed E-state index contributed by atoms with van der Waals surface area (Å²) in [5.74, 6) is 1.71.